The van der Waals surface area contributed by atoms with Crippen molar-refractivity contribution in [3.8, 4) is 0 Å². The van der Waals surface area contributed by atoms with Gasteiger partial charge in [-0.05, 0) is 90.9 Å². The Morgan fingerprint density at radius 3 is 1.03 bits per heavy atom. The largest absolute Gasteiger partial charge is 0.462 e. The summed E-state index contributed by atoms with van der Waals surface area (Å²) in [5.74, 6) is -1.47. The number of halogens is 2. The van der Waals surface area contributed by atoms with Crippen LogP contribution < -0.4 is 74.7 Å². The average Bonchev–Trinajstić information content (AvgIpc) is 1.58. The molecule has 52 heteroatoms. The molecule has 21 N–H and O–H groups in total. The van der Waals surface area contributed by atoms with E-state index in [0.717, 1.165) is 140 Å². The zero-order valence-electron chi connectivity index (χ0n) is 72.9. The minimum atomic E-state index is -1.45. The van der Waals surface area contributed by atoms with Crippen LogP contribution in [0, 0.1) is 11.8 Å². The zero-order chi connectivity index (χ0) is 90.7. The molecule has 0 bridgehead atoms. The number of aliphatic hydroxyl groups excluding tert-OH is 6. The number of thiazole rings is 4. The summed E-state index contributed by atoms with van der Waals surface area (Å²) < 4.78 is 65.8. The first kappa shape index (κ1) is 103. The average molecular weight is 1950 g/mol. The molecular formula is C79H118BCl2N22O23S4. The molecule has 4 aliphatic carbocycles. The number of hydrogen-bond donors (Lipinski definition) is 16. The molecule has 45 nitrogen and oxygen atoms in total. The van der Waals surface area contributed by atoms with Gasteiger partial charge in [0.2, 0.25) is 29.7 Å². The standard InChI is InChI=1S/C25H36N6O7S.C20H30N6O6S.C18H25N5O5S.C15H21N5O5S.CH4.B.2ClH/c1-11(2)15(27-12(3)32)22(33)35-10-14-16-17(38-25(4,5)37-16)21(36-14)31-20-18(39-24(31)34)19(29-23(26)30-20)28-13-8-6-7-9-13;1-8(2)11(21)18(29)31-7-10-12(27)13(28)17(32-10)26-16-14(33-20(26)30)15(24-19(22)25-16)23-9-5-3-4-6-9;1-18(2)27-10-9(7-24)26-15(11(10)28-18)23-14-12(29-17(23)25)13(21-16(19)22-14)20-8-5-3-4-6-8;16-14-18-11(17-6-3-1-2-4-6)10-12(19-14)20(15(24)26-10)13-9(23)8(22)7(5-21)25-13;;;;/h11,13-17,21H,6-10H2,1-5H3,(H,27,32)(H3,26,28,29,30);8-13,17,27-28H,3-7,21H2,1-2H3,(H3,22,23,24,25);8-11,15,24H,3-7H2,1-2H3,(H3,19,20,21,22);6-9,13,21-23H,1-5H2,(H3,16,17,18,19);1H4;;2*1H/t14-,15+,16-,17-,21-;10-,11+,12-,13-,17-;9-,10-,11-,15-;7-,8-,9-,13-;;;;/m1111..../s1. The van der Waals surface area contributed by atoms with Crippen LogP contribution in [0.4, 0.5) is 47.1 Å². The predicted octanol–water partition coefficient (Wildman–Crippen LogP) is 3.55. The van der Waals surface area contributed by atoms with Gasteiger partial charge in [0.05, 0.1) is 13.2 Å². The molecule has 0 aromatic carbocycles. The highest BCUT2D eigenvalue weighted by Gasteiger charge is 2.59. The van der Waals surface area contributed by atoms with Gasteiger partial charge in [-0.15, -0.1) is 24.8 Å². The Hall–Kier alpha value is -8.07. The number of carbonyl (C=O) groups excluding carboxylic acids is 3. The lowest BCUT2D eigenvalue weighted by Gasteiger charge is -2.25. The first-order chi connectivity index (χ1) is 60.4. The molecule has 723 valence electrons. The topological polar surface area (TPSA) is 646 Å². The number of nitrogens with one attached hydrogen (secondary N) is 5. The fraction of sp³-hybridized carbons (Fsp3) is 0.709. The highest BCUT2D eigenvalue weighted by atomic mass is 35.5. The van der Waals surface area contributed by atoms with Crippen LogP contribution in [-0.4, -0.2) is 263 Å². The van der Waals surface area contributed by atoms with E-state index in [1.807, 2.05) is 13.8 Å². The Kier molecular flexibility index (Phi) is 33.9. The number of amides is 1. The second kappa shape index (κ2) is 42.9. The quantitative estimate of drug-likeness (QED) is 0.0321. The second-order valence-corrected chi connectivity index (χ2v) is 38.8. The molecular weight excluding hydrogens is 1830 g/mol. The molecule has 8 aromatic heterocycles. The smallest absolute Gasteiger partial charge is 0.328 e. The highest BCUT2D eigenvalue weighted by molar-refractivity contribution is 7.18. The van der Waals surface area contributed by atoms with Gasteiger partial charge >= 0.3 is 31.4 Å². The predicted molar refractivity (Wildman–Crippen MR) is 494 cm³/mol. The van der Waals surface area contributed by atoms with Crippen LogP contribution in [0.25, 0.3) is 41.4 Å². The molecule has 6 aliphatic heterocycles. The molecule has 10 fully saturated rings. The molecule has 1 amide bonds. The molecule has 0 unspecified atom stereocenters. The molecule has 131 heavy (non-hydrogen) atoms. The first-order valence-corrected chi connectivity index (χ1v) is 46.2. The summed E-state index contributed by atoms with van der Waals surface area (Å²) in [7, 11) is 0. The molecule has 14 heterocycles. The lowest BCUT2D eigenvalue weighted by atomic mass is 10.0. The Morgan fingerprint density at radius 2 is 0.718 bits per heavy atom. The van der Waals surface area contributed by atoms with E-state index < -0.39 is 150 Å². The molecule has 0 spiro atoms. The fourth-order valence-corrected chi connectivity index (χ4v) is 21.4. The van der Waals surface area contributed by atoms with Crippen molar-refractivity contribution in [3.05, 3.63) is 38.7 Å². The van der Waals surface area contributed by atoms with Crippen LogP contribution >= 0.6 is 70.2 Å². The van der Waals surface area contributed by atoms with Gasteiger partial charge in [0.25, 0.3) is 0 Å². The molecule has 4 saturated carbocycles. The normalized spacial score (nSPS) is 27.7. The van der Waals surface area contributed by atoms with Gasteiger partial charge in [0, 0.05) is 39.5 Å². The minimum absolute atomic E-state index is 0. The Morgan fingerprint density at radius 1 is 0.435 bits per heavy atom. The van der Waals surface area contributed by atoms with Crippen molar-refractivity contribution in [1.29, 1.82) is 0 Å². The van der Waals surface area contributed by atoms with E-state index in [0.29, 0.717) is 59.4 Å². The van der Waals surface area contributed by atoms with E-state index in [1.165, 1.54) is 33.5 Å². The third-order valence-corrected chi connectivity index (χ3v) is 27.9. The van der Waals surface area contributed by atoms with Crippen LogP contribution in [0.5, 0.6) is 0 Å². The molecule has 6 saturated heterocycles. The number of fused-ring (bicyclic) bond motifs is 6. The zero-order valence-corrected chi connectivity index (χ0v) is 77.8. The van der Waals surface area contributed by atoms with E-state index in [-0.39, 0.29) is 141 Å². The van der Waals surface area contributed by atoms with Crippen molar-refractivity contribution < 1.29 is 92.4 Å². The number of nitrogen functional groups attached to an aromatic ring is 4. The third-order valence-electron chi connectivity index (χ3n) is 24.1. The maximum atomic E-state index is 13.4. The van der Waals surface area contributed by atoms with Crippen LogP contribution in [0.1, 0.15) is 197 Å². The minimum Gasteiger partial charge on any atom is -0.462 e. The lowest BCUT2D eigenvalue weighted by molar-refractivity contribution is -0.202. The maximum Gasteiger partial charge on any atom is 0.328 e. The van der Waals surface area contributed by atoms with Crippen LogP contribution in [-0.2, 0) is 61.8 Å². The monoisotopic (exact) mass is 1950 g/mol. The number of esters is 2. The van der Waals surface area contributed by atoms with Gasteiger partial charge in [0.15, 0.2) is 82.3 Å². The number of aliphatic hydroxyl groups is 6. The van der Waals surface area contributed by atoms with Gasteiger partial charge in [-0.3, -0.25) is 47.0 Å². The van der Waals surface area contributed by atoms with E-state index in [2.05, 4.69) is 66.5 Å². The van der Waals surface area contributed by atoms with Gasteiger partial charge < -0.3 is 133 Å². The lowest BCUT2D eigenvalue weighted by Crippen LogP contribution is -2.45. The summed E-state index contributed by atoms with van der Waals surface area (Å²) in [6.07, 6.45) is 2.13. The third kappa shape index (κ3) is 22.1. The van der Waals surface area contributed by atoms with Gasteiger partial charge in [-0.2, -0.15) is 39.9 Å². The number of hydrogen-bond acceptors (Lipinski definition) is 44. The van der Waals surface area contributed by atoms with Crippen molar-refractivity contribution in [2.75, 3.05) is 70.6 Å². The summed E-state index contributed by atoms with van der Waals surface area (Å²) in [5.41, 5.74) is 30.7. The summed E-state index contributed by atoms with van der Waals surface area (Å²) in [6.45, 7) is 14.5. The molecule has 3 radical (unpaired) electrons. The highest BCUT2D eigenvalue weighted by Crippen LogP contribution is 2.48. The van der Waals surface area contributed by atoms with Gasteiger partial charge in [-0.25, -0.2) is 4.79 Å². The fourth-order valence-electron chi connectivity index (χ4n) is 17.8. The van der Waals surface area contributed by atoms with Crippen molar-refractivity contribution in [2.45, 2.75) is 318 Å². The summed E-state index contributed by atoms with van der Waals surface area (Å²) in [5, 5.41) is 76.5. The van der Waals surface area contributed by atoms with E-state index in [9.17, 15) is 64.2 Å². The van der Waals surface area contributed by atoms with Crippen molar-refractivity contribution in [3.63, 3.8) is 0 Å². The van der Waals surface area contributed by atoms with Crippen LogP contribution in [0.3, 0.4) is 0 Å². The van der Waals surface area contributed by atoms with Crippen molar-refractivity contribution in [2.24, 2.45) is 17.6 Å². The van der Waals surface area contributed by atoms with E-state index >= 15 is 0 Å². The summed E-state index contributed by atoms with van der Waals surface area (Å²) >= 11 is 3.90. The number of carbonyl (C=O) groups is 3. The summed E-state index contributed by atoms with van der Waals surface area (Å²) in [4.78, 5) is 121. The number of rotatable bonds is 23. The van der Waals surface area contributed by atoms with Crippen LogP contribution in [0.15, 0.2) is 19.2 Å². The molecule has 10 aliphatic rings. The van der Waals surface area contributed by atoms with Gasteiger partial charge in [0.1, 0.15) is 117 Å². The first-order valence-electron chi connectivity index (χ1n) is 42.9. The summed E-state index contributed by atoms with van der Waals surface area (Å²) in [6, 6.07) is -0.540. The number of anilines is 8. The second-order valence-electron chi connectivity index (χ2n) is 35.0. The van der Waals surface area contributed by atoms with Gasteiger partial charge in [-0.1, -0.05) is 132 Å². The number of ether oxygens (including phenoxy) is 10. The molecule has 8 aromatic rings. The van der Waals surface area contributed by atoms with Crippen molar-refractivity contribution in [1.82, 2.24) is 63.5 Å². The molecule has 18 atom stereocenters. The number of nitrogens with zero attached hydrogens (tertiary/aromatic N) is 12. The Labute approximate surface area is 781 Å². The number of nitrogens with two attached hydrogens (primary N) is 5. The number of aromatic nitrogens is 12. The van der Waals surface area contributed by atoms with E-state index in [1.54, 1.807) is 41.5 Å². The Bertz CT molecular complexity index is 5570. The van der Waals surface area contributed by atoms with Crippen LogP contribution in [0.2, 0.25) is 0 Å². The van der Waals surface area contributed by atoms with Crippen molar-refractivity contribution >= 4 is 185 Å². The molecule has 18 rings (SSSR count). The Balaban J connectivity index is 0.000000169. The maximum absolute atomic E-state index is 13.4. The van der Waals surface area contributed by atoms with E-state index in [4.69, 9.17) is 76.0 Å². The SMILES string of the molecule is C.CC(=O)N[C@H](C(=O)OC[C@H]1O[C@@H](n2c(=O)sc3c(NC4CCCC4)nc(N)nc32)[C@@H]2OC(C)(C)O[C@@H]21)C(C)C.CC(C)[C@H](N)C(=O)OC[C@H]1O[C@@H](n2c(=O)sc3c(NC4CCCC4)nc(N)nc32)[C@H](O)[C@@H]1O.CC1(C)O[C@@H]2[C@H](O1)[C@@H](CO)O[C@H]2n1c(=O)sc2c(NC3CCCC3)nc(N)nc21.Cl.Cl.Nc1nc(NC2CCCC2)c2sc(=O)n([C@@H]3O[C@H](CO)[C@@H](O)[C@H]3O)c2n1.[B].